The van der Waals surface area contributed by atoms with E-state index in [0.29, 0.717) is 13.1 Å². The number of rotatable bonds is 5. The Kier molecular flexibility index (Phi) is 8.36. The van der Waals surface area contributed by atoms with Crippen LogP contribution in [0.25, 0.3) is 0 Å². The smallest absolute Gasteiger partial charge is 0.191 e. The zero-order valence-electron chi connectivity index (χ0n) is 12.5. The van der Waals surface area contributed by atoms with Crippen LogP contribution in [0.5, 0.6) is 0 Å². The zero-order valence-corrected chi connectivity index (χ0v) is 16.5. The first kappa shape index (κ1) is 19.1. The molecule has 3 N–H and O–H groups in total. The van der Waals surface area contributed by atoms with Gasteiger partial charge in [-0.15, -0.1) is 35.3 Å². The van der Waals surface area contributed by atoms with Crippen LogP contribution in [0.3, 0.4) is 0 Å². The molecule has 1 aliphatic heterocycles. The number of aliphatic hydroxyl groups is 1. The van der Waals surface area contributed by atoms with E-state index in [1.807, 2.05) is 18.7 Å². The van der Waals surface area contributed by atoms with E-state index in [2.05, 4.69) is 34.7 Å². The fourth-order valence-corrected chi connectivity index (χ4v) is 4.16. The summed E-state index contributed by atoms with van der Waals surface area (Å²) in [5, 5.41) is 16.8. The lowest BCUT2D eigenvalue weighted by atomic mass is 10.0. The van der Waals surface area contributed by atoms with Crippen molar-refractivity contribution < 1.29 is 5.11 Å². The molecular formula is C14H24IN3OS2. The number of aryl methyl sites for hydroxylation is 1. The number of thioether (sulfide) groups is 1. The number of thiophene rings is 1. The van der Waals surface area contributed by atoms with E-state index < -0.39 is 5.60 Å². The Balaban J connectivity index is 0.00000220. The lowest BCUT2D eigenvalue weighted by Crippen LogP contribution is -2.47. The van der Waals surface area contributed by atoms with Gasteiger partial charge in [0.15, 0.2) is 5.96 Å². The van der Waals surface area contributed by atoms with Crippen LogP contribution in [-0.2, 0) is 6.54 Å². The van der Waals surface area contributed by atoms with Crippen LogP contribution in [0.1, 0.15) is 23.1 Å². The Hall–Kier alpha value is 0.01000. The summed E-state index contributed by atoms with van der Waals surface area (Å²) in [5.74, 6) is 2.63. The highest BCUT2D eigenvalue weighted by molar-refractivity contribution is 14.0. The van der Waals surface area contributed by atoms with E-state index in [1.54, 1.807) is 11.3 Å². The topological polar surface area (TPSA) is 56.7 Å². The van der Waals surface area contributed by atoms with Crippen LogP contribution in [-0.4, -0.2) is 41.3 Å². The Bertz CT molecular complexity index is 459. The quantitative estimate of drug-likeness (QED) is 0.374. The highest BCUT2D eigenvalue weighted by atomic mass is 127. The summed E-state index contributed by atoms with van der Waals surface area (Å²) in [4.78, 5) is 7.15. The van der Waals surface area contributed by atoms with Crippen LogP contribution in [0.2, 0.25) is 0 Å². The lowest BCUT2D eigenvalue weighted by molar-refractivity contribution is 0.0724. The van der Waals surface area contributed by atoms with Crippen LogP contribution in [0, 0.1) is 6.92 Å². The van der Waals surface area contributed by atoms with Crippen molar-refractivity contribution in [3.63, 3.8) is 0 Å². The molecule has 4 nitrogen and oxygen atoms in total. The van der Waals surface area contributed by atoms with Gasteiger partial charge in [0.1, 0.15) is 0 Å². The largest absolute Gasteiger partial charge is 0.387 e. The number of nitrogens with one attached hydrogen (secondary N) is 2. The fourth-order valence-electron chi connectivity index (χ4n) is 2.05. The van der Waals surface area contributed by atoms with Crippen molar-refractivity contribution in [3.8, 4) is 0 Å². The molecular weight excluding hydrogens is 417 g/mol. The molecule has 1 atom stereocenters. The van der Waals surface area contributed by atoms with Crippen molar-refractivity contribution >= 4 is 53.0 Å². The standard InChI is InChI=1S/C14H23N3OS2.HI/c1-3-15-13(16-8-12-5-4-11(2)20-12)17-9-14(18)6-7-19-10-14;/h4-5,18H,3,6-10H2,1-2H3,(H2,15,16,17);1H. The molecule has 0 aromatic carbocycles. The lowest BCUT2D eigenvalue weighted by Gasteiger charge is -2.23. The molecule has 1 aromatic rings. The average Bonchev–Trinajstić information content (AvgIpc) is 3.03. The normalized spacial score (nSPS) is 22.0. The number of halogens is 1. The van der Waals surface area contributed by atoms with Gasteiger partial charge in [0.05, 0.1) is 12.1 Å². The molecule has 0 saturated carbocycles. The zero-order chi connectivity index (χ0) is 14.4. The molecule has 1 fully saturated rings. The third-order valence-corrected chi connectivity index (χ3v) is 5.42. The maximum Gasteiger partial charge on any atom is 0.191 e. The Morgan fingerprint density at radius 2 is 2.24 bits per heavy atom. The molecule has 1 unspecified atom stereocenters. The third kappa shape index (κ3) is 6.33. The molecule has 120 valence electrons. The van der Waals surface area contributed by atoms with Gasteiger partial charge >= 0.3 is 0 Å². The summed E-state index contributed by atoms with van der Waals surface area (Å²) in [6, 6.07) is 4.24. The van der Waals surface area contributed by atoms with E-state index in [9.17, 15) is 5.11 Å². The highest BCUT2D eigenvalue weighted by Gasteiger charge is 2.31. The van der Waals surface area contributed by atoms with Crippen molar-refractivity contribution in [2.45, 2.75) is 32.4 Å². The average molecular weight is 441 g/mol. The minimum atomic E-state index is -0.583. The fraction of sp³-hybridized carbons (Fsp3) is 0.643. The molecule has 2 rings (SSSR count). The molecule has 7 heteroatoms. The molecule has 0 amide bonds. The number of hydrogen-bond acceptors (Lipinski definition) is 4. The molecule has 0 aliphatic carbocycles. The first-order valence-corrected chi connectivity index (χ1v) is 8.96. The van der Waals surface area contributed by atoms with E-state index in [-0.39, 0.29) is 24.0 Å². The first-order chi connectivity index (χ1) is 9.61. The predicted molar refractivity (Wildman–Crippen MR) is 104 cm³/mol. The Morgan fingerprint density at radius 1 is 1.43 bits per heavy atom. The van der Waals surface area contributed by atoms with Gasteiger partial charge in [-0.05, 0) is 38.2 Å². The van der Waals surface area contributed by atoms with Gasteiger partial charge in [-0.2, -0.15) is 11.8 Å². The van der Waals surface area contributed by atoms with Crippen LogP contribution in [0.4, 0.5) is 0 Å². The summed E-state index contributed by atoms with van der Waals surface area (Å²) < 4.78 is 0. The molecule has 0 radical (unpaired) electrons. The third-order valence-electron chi connectivity index (χ3n) is 3.20. The van der Waals surface area contributed by atoms with Crippen molar-refractivity contribution in [1.82, 2.24) is 10.6 Å². The summed E-state index contributed by atoms with van der Waals surface area (Å²) in [6.45, 7) is 6.22. The van der Waals surface area contributed by atoms with Gasteiger partial charge in [-0.3, -0.25) is 0 Å². The van der Waals surface area contributed by atoms with Gasteiger partial charge in [0, 0.05) is 28.6 Å². The molecule has 1 aromatic heterocycles. The minimum absolute atomic E-state index is 0. The second-order valence-electron chi connectivity index (χ2n) is 5.09. The van der Waals surface area contributed by atoms with Crippen molar-refractivity contribution in [2.75, 3.05) is 24.6 Å². The Labute approximate surface area is 152 Å². The van der Waals surface area contributed by atoms with E-state index in [1.165, 1.54) is 9.75 Å². The predicted octanol–water partition coefficient (Wildman–Crippen LogP) is 2.60. The minimum Gasteiger partial charge on any atom is -0.387 e. The van der Waals surface area contributed by atoms with Crippen LogP contribution >= 0.6 is 47.1 Å². The molecule has 0 bridgehead atoms. The van der Waals surface area contributed by atoms with Crippen molar-refractivity contribution in [2.24, 2.45) is 4.99 Å². The molecule has 1 aliphatic rings. The summed E-state index contributed by atoms with van der Waals surface area (Å²) >= 11 is 3.59. The maximum atomic E-state index is 10.3. The van der Waals surface area contributed by atoms with Gasteiger partial charge < -0.3 is 15.7 Å². The van der Waals surface area contributed by atoms with E-state index in [0.717, 1.165) is 30.4 Å². The van der Waals surface area contributed by atoms with Crippen molar-refractivity contribution in [1.29, 1.82) is 0 Å². The van der Waals surface area contributed by atoms with Gasteiger partial charge in [-0.1, -0.05) is 0 Å². The maximum absolute atomic E-state index is 10.3. The second-order valence-corrected chi connectivity index (χ2v) is 7.57. The summed E-state index contributed by atoms with van der Waals surface area (Å²) in [5.41, 5.74) is -0.583. The highest BCUT2D eigenvalue weighted by Crippen LogP contribution is 2.26. The monoisotopic (exact) mass is 441 g/mol. The van der Waals surface area contributed by atoms with Gasteiger partial charge in [0.2, 0.25) is 0 Å². The Morgan fingerprint density at radius 3 is 2.81 bits per heavy atom. The van der Waals surface area contributed by atoms with Crippen LogP contribution in [0.15, 0.2) is 17.1 Å². The second kappa shape index (κ2) is 9.22. The number of hydrogen-bond donors (Lipinski definition) is 3. The molecule has 0 spiro atoms. The number of aliphatic imine (C=N–C) groups is 1. The van der Waals surface area contributed by atoms with Crippen molar-refractivity contribution in [3.05, 3.63) is 21.9 Å². The molecule has 2 heterocycles. The van der Waals surface area contributed by atoms with Gasteiger partial charge in [-0.25, -0.2) is 4.99 Å². The summed E-state index contributed by atoms with van der Waals surface area (Å²) in [7, 11) is 0. The summed E-state index contributed by atoms with van der Waals surface area (Å²) in [6.07, 6.45) is 0.855. The number of guanidine groups is 1. The molecule has 21 heavy (non-hydrogen) atoms. The molecule has 1 saturated heterocycles. The first-order valence-electron chi connectivity index (χ1n) is 6.99. The van der Waals surface area contributed by atoms with E-state index >= 15 is 0 Å². The van der Waals surface area contributed by atoms with Crippen LogP contribution < -0.4 is 10.6 Å². The number of nitrogens with zero attached hydrogens (tertiary/aromatic N) is 1. The van der Waals surface area contributed by atoms with E-state index in [4.69, 9.17) is 0 Å². The van der Waals surface area contributed by atoms with Gasteiger partial charge in [0.25, 0.3) is 0 Å². The SMILES string of the molecule is CCNC(=NCc1ccc(C)s1)NCC1(O)CCSC1.I.